The molecule has 1 aliphatic heterocycles. The van der Waals surface area contributed by atoms with Gasteiger partial charge in [0, 0.05) is 23.6 Å². The van der Waals surface area contributed by atoms with Gasteiger partial charge in [0.05, 0.1) is 0 Å². The molecule has 2 aromatic rings. The van der Waals surface area contributed by atoms with Crippen LogP contribution in [-0.2, 0) is 0 Å². The number of benzene rings is 1. The lowest BCUT2D eigenvalue weighted by Gasteiger charge is -2.42. The van der Waals surface area contributed by atoms with Gasteiger partial charge in [-0.2, -0.15) is 16.7 Å². The molecule has 106 valence electrons. The summed E-state index contributed by atoms with van der Waals surface area (Å²) in [7, 11) is 0. The normalized spacial score (nSPS) is 26.8. The molecule has 2 heterocycles. The molecule has 1 aromatic carbocycles. The number of fused-ring (bicyclic) bond motifs is 2. The van der Waals surface area contributed by atoms with Crippen molar-refractivity contribution in [3.05, 3.63) is 23.8 Å². The topological polar surface area (TPSA) is 29.3 Å². The van der Waals surface area contributed by atoms with Gasteiger partial charge in [0.15, 0.2) is 5.58 Å². The third kappa shape index (κ3) is 2.10. The minimum absolute atomic E-state index is 0.622. The first-order valence-corrected chi connectivity index (χ1v) is 8.61. The zero-order valence-corrected chi connectivity index (χ0v) is 12.7. The third-order valence-corrected chi connectivity index (χ3v) is 5.91. The van der Waals surface area contributed by atoms with Crippen LogP contribution < -0.4 is 4.90 Å². The molecule has 1 aromatic heterocycles. The van der Waals surface area contributed by atoms with E-state index in [9.17, 15) is 0 Å². The zero-order valence-electron chi connectivity index (χ0n) is 11.8. The fraction of sp³-hybridized carbons (Fsp3) is 0.562. The second-order valence-corrected chi connectivity index (χ2v) is 7.27. The third-order valence-electron chi connectivity index (χ3n) is 4.51. The van der Waals surface area contributed by atoms with E-state index in [0.29, 0.717) is 6.04 Å². The average Bonchev–Trinajstić information content (AvgIpc) is 2.89. The first-order chi connectivity index (χ1) is 9.81. The van der Waals surface area contributed by atoms with Gasteiger partial charge in [-0.25, -0.2) is 0 Å². The quantitative estimate of drug-likeness (QED) is 0.793. The Morgan fingerprint density at radius 2 is 2.20 bits per heavy atom. The Kier molecular flexibility index (Phi) is 3.14. The van der Waals surface area contributed by atoms with Crippen LogP contribution in [0.3, 0.4) is 0 Å². The van der Waals surface area contributed by atoms with Crippen LogP contribution >= 0.6 is 11.8 Å². The van der Waals surface area contributed by atoms with Crippen molar-refractivity contribution in [1.82, 2.24) is 4.98 Å². The Bertz CT molecular complexity index is 622. The van der Waals surface area contributed by atoms with Gasteiger partial charge in [-0.15, -0.1) is 0 Å². The van der Waals surface area contributed by atoms with E-state index in [-0.39, 0.29) is 0 Å². The van der Waals surface area contributed by atoms with E-state index in [1.54, 1.807) is 0 Å². The molecule has 4 rings (SSSR count). The predicted octanol–water partition coefficient (Wildman–Crippen LogP) is 4.00. The highest BCUT2D eigenvalue weighted by Crippen LogP contribution is 2.38. The van der Waals surface area contributed by atoms with E-state index in [0.717, 1.165) is 28.9 Å². The number of aromatic nitrogens is 1. The zero-order chi connectivity index (χ0) is 13.5. The molecular weight excluding hydrogens is 268 g/mol. The van der Waals surface area contributed by atoms with Gasteiger partial charge < -0.3 is 9.32 Å². The summed E-state index contributed by atoms with van der Waals surface area (Å²) >= 11 is 2.14. The minimum atomic E-state index is 0.622. The van der Waals surface area contributed by atoms with Crippen molar-refractivity contribution in [2.45, 2.75) is 43.9 Å². The summed E-state index contributed by atoms with van der Waals surface area (Å²) in [5, 5.41) is 0.772. The van der Waals surface area contributed by atoms with E-state index >= 15 is 0 Å². The SMILES string of the molecule is Cc1ccc2oc(N3CCS[C@@H]4CCCC[C@@H]43)nc2c1. The molecule has 20 heavy (non-hydrogen) atoms. The summed E-state index contributed by atoms with van der Waals surface area (Å²) in [6.07, 6.45) is 5.37. The molecule has 0 radical (unpaired) electrons. The maximum Gasteiger partial charge on any atom is 0.298 e. The Hall–Kier alpha value is -1.16. The first-order valence-electron chi connectivity index (χ1n) is 7.57. The van der Waals surface area contributed by atoms with Gasteiger partial charge in [0.1, 0.15) is 5.52 Å². The summed E-state index contributed by atoms with van der Waals surface area (Å²) < 4.78 is 6.02. The molecule has 0 amide bonds. The lowest BCUT2D eigenvalue weighted by Crippen LogP contribution is -2.49. The molecule has 0 N–H and O–H groups in total. The molecule has 1 saturated carbocycles. The van der Waals surface area contributed by atoms with Crippen molar-refractivity contribution in [1.29, 1.82) is 0 Å². The molecule has 3 nitrogen and oxygen atoms in total. The monoisotopic (exact) mass is 288 g/mol. The molecule has 2 fully saturated rings. The summed E-state index contributed by atoms with van der Waals surface area (Å²) in [6, 6.07) is 7.70. The Morgan fingerprint density at radius 3 is 3.15 bits per heavy atom. The molecule has 1 aliphatic carbocycles. The molecule has 2 aliphatic rings. The van der Waals surface area contributed by atoms with E-state index in [4.69, 9.17) is 9.40 Å². The van der Waals surface area contributed by atoms with Crippen LogP contribution in [0.25, 0.3) is 11.1 Å². The van der Waals surface area contributed by atoms with Crippen LogP contribution in [0.5, 0.6) is 0 Å². The van der Waals surface area contributed by atoms with Crippen LogP contribution in [0.1, 0.15) is 31.2 Å². The largest absolute Gasteiger partial charge is 0.423 e. The fourth-order valence-corrected chi connectivity index (χ4v) is 4.93. The molecular formula is C16H20N2OS. The van der Waals surface area contributed by atoms with Crippen molar-refractivity contribution < 1.29 is 4.42 Å². The van der Waals surface area contributed by atoms with Crippen LogP contribution in [0, 0.1) is 6.92 Å². The number of rotatable bonds is 1. The molecule has 2 atom stereocenters. The maximum absolute atomic E-state index is 6.02. The minimum Gasteiger partial charge on any atom is -0.423 e. The van der Waals surface area contributed by atoms with Crippen molar-refractivity contribution in [3.8, 4) is 0 Å². The van der Waals surface area contributed by atoms with Gasteiger partial charge >= 0.3 is 0 Å². The molecule has 0 spiro atoms. The molecule has 4 heteroatoms. The van der Waals surface area contributed by atoms with Crippen LogP contribution in [0.4, 0.5) is 6.01 Å². The first kappa shape index (κ1) is 12.6. The summed E-state index contributed by atoms with van der Waals surface area (Å²) in [4.78, 5) is 7.16. The van der Waals surface area contributed by atoms with Gasteiger partial charge in [0.2, 0.25) is 0 Å². The highest BCUT2D eigenvalue weighted by Gasteiger charge is 2.35. The summed E-state index contributed by atoms with van der Waals surface area (Å²) in [5.74, 6) is 1.19. The lowest BCUT2D eigenvalue weighted by atomic mass is 9.93. The van der Waals surface area contributed by atoms with Gasteiger partial charge in [-0.05, 0) is 37.5 Å². The number of hydrogen-bond donors (Lipinski definition) is 0. The maximum atomic E-state index is 6.02. The number of nitrogens with zero attached hydrogens (tertiary/aromatic N) is 2. The predicted molar refractivity (Wildman–Crippen MR) is 84.6 cm³/mol. The van der Waals surface area contributed by atoms with E-state index in [1.807, 2.05) is 6.07 Å². The summed E-state index contributed by atoms with van der Waals surface area (Å²) in [6.45, 7) is 3.17. The summed E-state index contributed by atoms with van der Waals surface area (Å²) in [5.41, 5.74) is 3.14. The highest BCUT2D eigenvalue weighted by molar-refractivity contribution is 8.00. The Balaban J connectivity index is 1.69. The fourth-order valence-electron chi connectivity index (χ4n) is 3.48. The Labute approximate surface area is 123 Å². The van der Waals surface area contributed by atoms with Crippen LogP contribution in [-0.4, -0.2) is 28.6 Å². The standard InChI is InChI=1S/C16H20N2OS/c1-11-6-7-14-12(10-11)17-16(19-14)18-8-9-20-15-5-3-2-4-13(15)18/h6-7,10,13,15H,2-5,8-9H2,1H3/t13-,15+/m0/s1. The molecule has 0 unspecified atom stereocenters. The van der Waals surface area contributed by atoms with Gasteiger partial charge in [-0.3, -0.25) is 0 Å². The second kappa shape index (κ2) is 4.99. The smallest absolute Gasteiger partial charge is 0.298 e. The molecule has 0 bridgehead atoms. The number of oxazole rings is 1. The van der Waals surface area contributed by atoms with Crippen LogP contribution in [0.2, 0.25) is 0 Å². The van der Waals surface area contributed by atoms with Crippen molar-refractivity contribution in [3.63, 3.8) is 0 Å². The Morgan fingerprint density at radius 1 is 1.30 bits per heavy atom. The van der Waals surface area contributed by atoms with E-state index in [1.165, 1.54) is 37.0 Å². The second-order valence-electron chi connectivity index (χ2n) is 5.92. The van der Waals surface area contributed by atoms with Crippen molar-refractivity contribution in [2.75, 3.05) is 17.2 Å². The van der Waals surface area contributed by atoms with Gasteiger partial charge in [-0.1, -0.05) is 18.9 Å². The molecule has 1 saturated heterocycles. The number of aryl methyl sites for hydroxylation is 1. The van der Waals surface area contributed by atoms with E-state index < -0.39 is 0 Å². The number of hydrogen-bond acceptors (Lipinski definition) is 4. The van der Waals surface area contributed by atoms with Crippen molar-refractivity contribution in [2.24, 2.45) is 0 Å². The van der Waals surface area contributed by atoms with Crippen molar-refractivity contribution >= 4 is 28.9 Å². The average molecular weight is 288 g/mol. The highest BCUT2D eigenvalue weighted by atomic mass is 32.2. The lowest BCUT2D eigenvalue weighted by molar-refractivity contribution is 0.401. The number of thioether (sulfide) groups is 1. The van der Waals surface area contributed by atoms with Crippen LogP contribution in [0.15, 0.2) is 22.6 Å². The van der Waals surface area contributed by atoms with Gasteiger partial charge in [0.25, 0.3) is 6.01 Å². The van der Waals surface area contributed by atoms with E-state index in [2.05, 4.69) is 35.7 Å². The number of anilines is 1.